The van der Waals surface area contributed by atoms with Crippen molar-refractivity contribution in [2.75, 3.05) is 13.6 Å². The predicted molar refractivity (Wildman–Crippen MR) is 118 cm³/mol. The fourth-order valence-corrected chi connectivity index (χ4v) is 4.59. The number of phenols is 1. The molecule has 4 heteroatoms. The maximum atomic E-state index is 13.2. The first-order valence-corrected chi connectivity index (χ1v) is 10.8. The maximum absolute atomic E-state index is 13.2. The first kappa shape index (κ1) is 21.2. The number of hydrogen-bond donors (Lipinski definition) is 2. The number of aromatic hydroxyl groups is 1. The van der Waals surface area contributed by atoms with Gasteiger partial charge in [-0.15, -0.1) is 0 Å². The molecule has 2 aliphatic carbocycles. The molecule has 0 saturated carbocycles. The van der Waals surface area contributed by atoms with Gasteiger partial charge in [-0.1, -0.05) is 52.0 Å². The second kappa shape index (κ2) is 8.48. The van der Waals surface area contributed by atoms with Crippen molar-refractivity contribution in [1.82, 2.24) is 10.2 Å². The van der Waals surface area contributed by atoms with Crippen molar-refractivity contribution >= 4 is 5.78 Å². The maximum Gasteiger partial charge on any atom is 0.161 e. The highest BCUT2D eigenvalue weighted by molar-refractivity contribution is 5.99. The minimum Gasteiger partial charge on any atom is -0.508 e. The van der Waals surface area contributed by atoms with Crippen LogP contribution in [0, 0.1) is 5.41 Å². The van der Waals surface area contributed by atoms with E-state index in [4.69, 9.17) is 0 Å². The summed E-state index contributed by atoms with van der Waals surface area (Å²) in [5, 5.41) is 13.3. The Balaban J connectivity index is 0.00000117. The number of ketones is 1. The number of rotatable bonds is 1. The van der Waals surface area contributed by atoms with Gasteiger partial charge in [0.15, 0.2) is 5.78 Å². The van der Waals surface area contributed by atoms with Gasteiger partial charge in [0.05, 0.1) is 11.4 Å². The molecule has 1 aromatic rings. The van der Waals surface area contributed by atoms with Gasteiger partial charge in [-0.3, -0.25) is 4.79 Å². The summed E-state index contributed by atoms with van der Waals surface area (Å²) < 4.78 is 0. The number of benzene rings is 1. The highest BCUT2D eigenvalue weighted by Crippen LogP contribution is 2.43. The Morgan fingerprint density at radius 1 is 1.07 bits per heavy atom. The van der Waals surface area contributed by atoms with Crippen LogP contribution in [-0.2, 0) is 4.79 Å². The third-order valence-corrected chi connectivity index (χ3v) is 5.85. The molecule has 2 N–H and O–H groups in total. The third kappa shape index (κ3) is 4.42. The summed E-state index contributed by atoms with van der Waals surface area (Å²) in [4.78, 5) is 15.5. The van der Waals surface area contributed by atoms with Crippen LogP contribution in [0.25, 0.3) is 0 Å². The van der Waals surface area contributed by atoms with Crippen LogP contribution in [0.2, 0.25) is 0 Å². The van der Waals surface area contributed by atoms with E-state index in [-0.39, 0.29) is 22.9 Å². The molecule has 0 radical (unpaired) electrons. The number of hydrogen-bond acceptors (Lipinski definition) is 4. The largest absolute Gasteiger partial charge is 0.508 e. The van der Waals surface area contributed by atoms with Crippen LogP contribution in [0.15, 0.2) is 59.1 Å². The van der Waals surface area contributed by atoms with Crippen molar-refractivity contribution in [3.8, 4) is 5.75 Å². The van der Waals surface area contributed by atoms with E-state index in [1.807, 2.05) is 26.0 Å². The van der Waals surface area contributed by atoms with E-state index in [1.54, 1.807) is 12.1 Å². The van der Waals surface area contributed by atoms with Gasteiger partial charge < -0.3 is 15.3 Å². The number of nitrogens with zero attached hydrogens (tertiary/aromatic N) is 1. The molecule has 1 unspecified atom stereocenters. The van der Waals surface area contributed by atoms with Crippen LogP contribution in [0.5, 0.6) is 5.75 Å². The fraction of sp³-hybridized carbons (Fsp3) is 0.480. The lowest BCUT2D eigenvalue weighted by molar-refractivity contribution is -0.118. The van der Waals surface area contributed by atoms with Gasteiger partial charge in [0.2, 0.25) is 0 Å². The van der Waals surface area contributed by atoms with Crippen molar-refractivity contribution in [2.24, 2.45) is 5.41 Å². The van der Waals surface area contributed by atoms with E-state index in [0.29, 0.717) is 6.42 Å². The van der Waals surface area contributed by atoms with Crippen molar-refractivity contribution in [3.63, 3.8) is 0 Å². The van der Waals surface area contributed by atoms with Gasteiger partial charge in [-0.05, 0) is 42.4 Å². The summed E-state index contributed by atoms with van der Waals surface area (Å²) in [7, 11) is 2.10. The molecule has 29 heavy (non-hydrogen) atoms. The zero-order valence-corrected chi connectivity index (χ0v) is 18.4. The average molecular weight is 395 g/mol. The van der Waals surface area contributed by atoms with Gasteiger partial charge >= 0.3 is 0 Å². The van der Waals surface area contributed by atoms with Crippen molar-refractivity contribution in [1.29, 1.82) is 0 Å². The molecule has 0 fully saturated rings. The van der Waals surface area contributed by atoms with Crippen LogP contribution in [-0.4, -0.2) is 29.4 Å². The van der Waals surface area contributed by atoms with E-state index in [9.17, 15) is 9.90 Å². The Hall–Kier alpha value is -2.49. The Labute approximate surface area is 175 Å². The van der Waals surface area contributed by atoms with E-state index in [0.717, 1.165) is 48.3 Å². The second-order valence-electron chi connectivity index (χ2n) is 8.77. The number of phenolic OH excluding ortho intramolecular Hbond substituents is 1. The third-order valence-electron chi connectivity index (χ3n) is 5.85. The van der Waals surface area contributed by atoms with Crippen LogP contribution >= 0.6 is 0 Å². The number of fused-ring (bicyclic) bond motifs is 1. The number of allylic oxidation sites excluding steroid dienone is 3. The van der Waals surface area contributed by atoms with Gasteiger partial charge in [0.1, 0.15) is 5.75 Å². The highest BCUT2D eigenvalue weighted by atomic mass is 16.3. The van der Waals surface area contributed by atoms with Crippen molar-refractivity contribution < 1.29 is 9.90 Å². The molecule has 0 saturated heterocycles. The van der Waals surface area contributed by atoms with Crippen LogP contribution in [0.4, 0.5) is 0 Å². The molecule has 4 rings (SSSR count). The Kier molecular flexibility index (Phi) is 6.21. The summed E-state index contributed by atoms with van der Waals surface area (Å²) in [5.41, 5.74) is 5.37. The van der Waals surface area contributed by atoms with E-state index in [2.05, 4.69) is 43.3 Å². The molecule has 0 spiro atoms. The quantitative estimate of drug-likeness (QED) is 0.684. The smallest absolute Gasteiger partial charge is 0.161 e. The lowest BCUT2D eigenvalue weighted by Gasteiger charge is -2.41. The summed E-state index contributed by atoms with van der Waals surface area (Å²) in [6.07, 6.45) is 8.07. The normalized spacial score (nSPS) is 23.3. The van der Waals surface area contributed by atoms with Gasteiger partial charge in [0.25, 0.3) is 0 Å². The monoisotopic (exact) mass is 394 g/mol. The zero-order chi connectivity index (χ0) is 21.2. The number of carbonyl (C=O) groups excluding carboxylic acids is 1. The topological polar surface area (TPSA) is 52.6 Å². The molecular formula is C25H34N2O2. The highest BCUT2D eigenvalue weighted by Gasteiger charge is 2.39. The molecule has 1 heterocycles. The Bertz CT molecular complexity index is 859. The first-order chi connectivity index (χ1) is 13.8. The second-order valence-corrected chi connectivity index (χ2v) is 8.77. The lowest BCUT2D eigenvalue weighted by Crippen LogP contribution is -2.40. The number of Topliss-reactive ketones (excluding diaryl/α,β-unsaturated/α-hetero) is 1. The molecule has 156 valence electrons. The number of likely N-dealkylation sites (N-methyl/N-ethyl adjacent to an activating group) is 1. The summed E-state index contributed by atoms with van der Waals surface area (Å²) in [6, 6.07) is 7.31. The SMILES string of the molecule is CC.CN1CC(c2ccc(O)cc2)C2=C(CC(C)(C)CC2=O)NC2=CCCC=C21. The molecule has 1 atom stereocenters. The average Bonchev–Trinajstić information content (AvgIpc) is 2.67. The fourth-order valence-electron chi connectivity index (χ4n) is 4.59. The van der Waals surface area contributed by atoms with Crippen molar-refractivity contribution in [2.45, 2.75) is 59.3 Å². The lowest BCUT2D eigenvalue weighted by atomic mass is 9.71. The molecular weight excluding hydrogens is 360 g/mol. The van der Waals surface area contributed by atoms with Crippen molar-refractivity contribution in [3.05, 3.63) is 64.6 Å². The number of carbonyl (C=O) groups is 1. The minimum atomic E-state index is -0.0351. The molecule has 0 aromatic heterocycles. The minimum absolute atomic E-state index is 0.00826. The molecule has 4 nitrogen and oxygen atoms in total. The standard InChI is InChI=1S/C23H28N2O2.C2H6/c1-23(2)12-19-22(21(27)13-23)17(15-8-10-16(26)11-9-15)14-25(3)20-7-5-4-6-18(20)24-19;1-2/h6-11,17,24,26H,4-5,12-14H2,1-3H3;1-2H3. The Morgan fingerprint density at radius 3 is 2.41 bits per heavy atom. The molecule has 0 bridgehead atoms. The van der Waals surface area contributed by atoms with E-state index >= 15 is 0 Å². The van der Waals surface area contributed by atoms with Crippen LogP contribution < -0.4 is 5.32 Å². The van der Waals surface area contributed by atoms with Crippen LogP contribution in [0.3, 0.4) is 0 Å². The summed E-state index contributed by atoms with van der Waals surface area (Å²) >= 11 is 0. The molecule has 1 aromatic carbocycles. The molecule has 3 aliphatic rings. The predicted octanol–water partition coefficient (Wildman–Crippen LogP) is 5.24. The molecule has 0 amide bonds. The van der Waals surface area contributed by atoms with Gasteiger partial charge in [-0.2, -0.15) is 0 Å². The summed E-state index contributed by atoms with van der Waals surface area (Å²) in [5.74, 6) is 0.483. The Morgan fingerprint density at radius 2 is 1.72 bits per heavy atom. The van der Waals surface area contributed by atoms with Gasteiger partial charge in [-0.25, -0.2) is 0 Å². The molecule has 1 aliphatic heterocycles. The van der Waals surface area contributed by atoms with Crippen LogP contribution in [0.1, 0.15) is 64.9 Å². The van der Waals surface area contributed by atoms with E-state index in [1.165, 1.54) is 5.70 Å². The van der Waals surface area contributed by atoms with E-state index < -0.39 is 0 Å². The number of nitrogens with one attached hydrogen (secondary N) is 1. The zero-order valence-electron chi connectivity index (χ0n) is 18.4. The summed E-state index contributed by atoms with van der Waals surface area (Å²) in [6.45, 7) is 9.09. The van der Waals surface area contributed by atoms with Gasteiger partial charge in [0, 0.05) is 37.2 Å². The first-order valence-electron chi connectivity index (χ1n) is 10.8.